The predicted molar refractivity (Wildman–Crippen MR) is 455 cm³/mol. The van der Waals surface area contributed by atoms with Gasteiger partial charge in [-0.05, 0) is 164 Å². The van der Waals surface area contributed by atoms with Crippen LogP contribution in [0.2, 0.25) is 0 Å². The molecule has 0 bridgehead atoms. The fraction of sp³-hybridized carbons (Fsp3) is 0.802. The Morgan fingerprint density at radius 3 is 1.45 bits per heavy atom. The standard InChI is InChI=1S/C86H155N12O13P/c1-13-16-19-21-23-25-27-29-31-33-35-37-39-47-65-107-112(106,108-66-48-40-38-36-34-32-30-28-26-24-22-20-17-14-2)67-50-60-88-72(51-41-43-58-89-74(100)68-92-78(101)71-55-53-70(54-56-71)69-98-77-75(93-80(98)102)76(87)94-79(95-77)90-57-18-15-3)73(99)52-42-44-61-96(82(104)110-85(7,8)9)62-45-46-63-97(83(105)111-86(10,11)12)64-49-59-91-81(103)109-84(4,5)6/h53-56,72,88H,13-52,57-69H2,1-12H3,(H,89,100)(H,91,103)(H,92,101)(H,93,102)(H3,87,90,94,95)/t72-/m0/s1. The molecular weight excluding hydrogens is 1440 g/mol. The SMILES string of the molecule is CCCCCCCCCCCCCCCCOP(=O)(CCCN[C@@H](CCCCNC(=O)CNC(=O)c1ccc(Cn2c(=O)[nH]c3c(N)nc(NCCCC)nc32)cc1)C(=O)CCCCN(CCCCN(CCCNC(=O)OC(C)(C)C)C(=O)OC(C)(C)C)C(=O)OC(C)(C)C)OCCCCCCCCCCCCCCCC. The number of anilines is 2. The van der Waals surface area contributed by atoms with Crippen LogP contribution in [-0.2, 0) is 44.0 Å². The number of ether oxygens (including phenoxy) is 3. The van der Waals surface area contributed by atoms with Gasteiger partial charge in [0.05, 0.1) is 38.5 Å². The minimum Gasteiger partial charge on any atom is -0.444 e. The van der Waals surface area contributed by atoms with Crippen LogP contribution in [0.25, 0.3) is 11.2 Å². The highest BCUT2D eigenvalue weighted by Gasteiger charge is 2.28. The van der Waals surface area contributed by atoms with E-state index in [1.807, 2.05) is 41.5 Å². The van der Waals surface area contributed by atoms with Crippen LogP contribution in [0, 0.1) is 0 Å². The Bertz CT molecular complexity index is 3130. The third kappa shape index (κ3) is 48.8. The van der Waals surface area contributed by atoms with Crippen molar-refractivity contribution in [1.29, 1.82) is 0 Å². The second-order valence-corrected chi connectivity index (χ2v) is 35.7. The number of imidazole rings is 1. The molecule has 0 unspecified atom stereocenters. The first kappa shape index (κ1) is 99.9. The van der Waals surface area contributed by atoms with E-state index in [9.17, 15) is 38.1 Å². The van der Waals surface area contributed by atoms with Crippen molar-refractivity contribution in [2.45, 2.75) is 369 Å². The molecule has 25 nitrogen and oxygen atoms in total. The summed E-state index contributed by atoms with van der Waals surface area (Å²) in [7, 11) is -3.46. The number of ketones is 1. The van der Waals surface area contributed by atoms with E-state index in [0.717, 1.165) is 56.9 Å². The smallest absolute Gasteiger partial charge is 0.410 e. The maximum Gasteiger partial charge on any atom is 0.410 e. The van der Waals surface area contributed by atoms with Gasteiger partial charge in [0, 0.05) is 57.8 Å². The van der Waals surface area contributed by atoms with E-state index in [1.54, 1.807) is 54.8 Å². The molecule has 0 spiro atoms. The first-order valence-corrected chi connectivity index (χ1v) is 45.5. The molecule has 0 radical (unpaired) electrons. The summed E-state index contributed by atoms with van der Waals surface area (Å²) in [5.41, 5.74) is 5.45. The van der Waals surface area contributed by atoms with Crippen molar-refractivity contribution in [3.8, 4) is 0 Å². The van der Waals surface area contributed by atoms with Crippen LogP contribution in [0.5, 0.6) is 0 Å². The van der Waals surface area contributed by atoms with Gasteiger partial charge >= 0.3 is 31.6 Å². The molecular formula is C86H155N12O13P. The molecule has 3 aromatic rings. The molecule has 26 heteroatoms. The van der Waals surface area contributed by atoms with Gasteiger partial charge in [-0.2, -0.15) is 9.97 Å². The van der Waals surface area contributed by atoms with Gasteiger partial charge < -0.3 is 70.4 Å². The zero-order valence-electron chi connectivity index (χ0n) is 71.9. The number of amides is 5. The Morgan fingerprint density at radius 2 is 0.964 bits per heavy atom. The number of aromatic amines is 1. The number of carbonyl (C=O) groups excluding carboxylic acids is 6. The van der Waals surface area contributed by atoms with Gasteiger partial charge in [-0.15, -0.1) is 0 Å². The van der Waals surface area contributed by atoms with Crippen molar-refractivity contribution in [3.05, 3.63) is 45.9 Å². The van der Waals surface area contributed by atoms with E-state index in [4.69, 9.17) is 29.0 Å². The van der Waals surface area contributed by atoms with Crippen molar-refractivity contribution in [3.63, 3.8) is 0 Å². The molecule has 0 aliphatic heterocycles. The minimum absolute atomic E-state index is 0.00865. The molecule has 112 heavy (non-hydrogen) atoms. The van der Waals surface area contributed by atoms with Crippen LogP contribution in [-0.4, -0.2) is 166 Å². The van der Waals surface area contributed by atoms with Gasteiger partial charge in [-0.25, -0.2) is 19.2 Å². The number of unbranched alkanes of at least 4 members (excludes halogenated alkanes) is 30. The molecule has 1 atom stereocenters. The number of nitrogens with two attached hydrogens (primary N) is 1. The first-order chi connectivity index (χ1) is 53.6. The Morgan fingerprint density at radius 1 is 0.509 bits per heavy atom. The van der Waals surface area contributed by atoms with Crippen molar-refractivity contribution in [1.82, 2.24) is 50.6 Å². The van der Waals surface area contributed by atoms with Crippen LogP contribution in [0.15, 0.2) is 29.1 Å². The average Bonchev–Trinajstić information content (AvgIpc) is 1.63. The van der Waals surface area contributed by atoms with E-state index in [0.29, 0.717) is 146 Å². The Kier molecular flexibility index (Phi) is 52.2. The number of nitrogens with one attached hydrogen (secondary N) is 6. The lowest BCUT2D eigenvalue weighted by Gasteiger charge is -2.29. The summed E-state index contributed by atoms with van der Waals surface area (Å²) in [6, 6.07) is 6.20. The quantitative estimate of drug-likeness (QED) is 0.0157. The van der Waals surface area contributed by atoms with Crippen molar-refractivity contribution < 1.29 is 56.6 Å². The highest BCUT2D eigenvalue weighted by Crippen LogP contribution is 2.49. The van der Waals surface area contributed by atoms with Crippen LogP contribution >= 0.6 is 7.60 Å². The first-order valence-electron chi connectivity index (χ1n) is 43.8. The second kappa shape index (κ2) is 58.5. The number of carbonyl (C=O) groups is 6. The largest absolute Gasteiger partial charge is 0.444 e. The van der Waals surface area contributed by atoms with Gasteiger partial charge in [0.1, 0.15) is 28.1 Å². The molecule has 8 N–H and O–H groups in total. The molecule has 3 rings (SSSR count). The van der Waals surface area contributed by atoms with Gasteiger partial charge in [-0.1, -0.05) is 206 Å². The fourth-order valence-corrected chi connectivity index (χ4v) is 14.8. The normalized spacial score (nSPS) is 12.2. The van der Waals surface area contributed by atoms with Gasteiger partial charge in [0.2, 0.25) is 11.9 Å². The molecule has 0 saturated carbocycles. The zero-order chi connectivity index (χ0) is 82.3. The molecule has 642 valence electrons. The third-order valence-corrected chi connectivity index (χ3v) is 21.4. The Labute approximate surface area is 674 Å². The van der Waals surface area contributed by atoms with E-state index in [-0.39, 0.29) is 43.2 Å². The molecule has 0 aliphatic carbocycles. The lowest BCUT2D eigenvalue weighted by molar-refractivity contribution is -0.122. The maximum absolute atomic E-state index is 14.6. The summed E-state index contributed by atoms with van der Waals surface area (Å²) in [6.07, 6.45) is 40.3. The van der Waals surface area contributed by atoms with Crippen LogP contribution in [0.1, 0.15) is 356 Å². The van der Waals surface area contributed by atoms with Gasteiger partial charge in [-0.3, -0.25) is 23.5 Å². The van der Waals surface area contributed by atoms with E-state index < -0.39 is 60.3 Å². The fourth-order valence-electron chi connectivity index (χ4n) is 13.1. The number of alkyl carbamates (subject to hydrolysis) is 1. The number of nitrogen functional groups attached to an aromatic ring is 1. The van der Waals surface area contributed by atoms with Crippen molar-refractivity contribution in [2.75, 3.05) is 89.3 Å². The Balaban J connectivity index is 1.67. The average molecular weight is 1600 g/mol. The second-order valence-electron chi connectivity index (χ2n) is 33.6. The number of nitrogens with zero attached hydrogens (tertiary/aromatic N) is 5. The number of benzene rings is 1. The van der Waals surface area contributed by atoms with Crippen LogP contribution in [0.3, 0.4) is 0 Å². The predicted octanol–water partition coefficient (Wildman–Crippen LogP) is 19.4. The molecule has 1 aromatic carbocycles. The number of H-pyrrole nitrogens is 1. The molecule has 2 heterocycles. The lowest BCUT2D eigenvalue weighted by Crippen LogP contribution is -2.40. The van der Waals surface area contributed by atoms with E-state index in [1.165, 1.54) is 146 Å². The highest BCUT2D eigenvalue weighted by atomic mass is 31.2. The summed E-state index contributed by atoms with van der Waals surface area (Å²) in [6.45, 7) is 26.6. The van der Waals surface area contributed by atoms with Crippen molar-refractivity contribution >= 4 is 66.4 Å². The zero-order valence-corrected chi connectivity index (χ0v) is 72.8. The minimum atomic E-state index is -3.46. The van der Waals surface area contributed by atoms with Gasteiger partial charge in [0.25, 0.3) is 5.91 Å². The van der Waals surface area contributed by atoms with E-state index >= 15 is 0 Å². The lowest BCUT2D eigenvalue weighted by atomic mass is 10.0. The highest BCUT2D eigenvalue weighted by molar-refractivity contribution is 7.53. The number of rotatable bonds is 66. The number of hydrogen-bond acceptors (Lipinski definition) is 18. The summed E-state index contributed by atoms with van der Waals surface area (Å²) in [4.78, 5) is 108. The number of hydrogen-bond donors (Lipinski definition) is 7. The third-order valence-electron chi connectivity index (χ3n) is 19.4. The molecule has 5 amide bonds. The van der Waals surface area contributed by atoms with Crippen molar-refractivity contribution in [2.24, 2.45) is 0 Å². The summed E-state index contributed by atoms with van der Waals surface area (Å²) >= 11 is 0. The molecule has 0 aliphatic rings. The van der Waals surface area contributed by atoms with E-state index in [2.05, 4.69) is 62.3 Å². The summed E-state index contributed by atoms with van der Waals surface area (Å²) in [5, 5.41) is 15.0. The topological polar surface area (TPSA) is 322 Å². The molecule has 0 saturated heterocycles. The maximum atomic E-state index is 14.6. The van der Waals surface area contributed by atoms with Crippen LogP contribution in [0.4, 0.5) is 26.1 Å². The number of Topliss-reactive ketones (excluding diaryl/α,β-unsaturated/α-hetero) is 1. The summed E-state index contributed by atoms with van der Waals surface area (Å²) in [5.74, 6) is -0.314. The Hall–Kier alpha value is -6.30. The van der Waals surface area contributed by atoms with Gasteiger partial charge in [0.15, 0.2) is 11.5 Å². The molecule has 2 aromatic heterocycles. The molecule has 0 fully saturated rings. The number of aromatic nitrogens is 4. The summed E-state index contributed by atoms with van der Waals surface area (Å²) < 4.78 is 45.5. The number of fused-ring (bicyclic) bond motifs is 1. The van der Waals surface area contributed by atoms with Crippen LogP contribution < -0.4 is 38.0 Å². The monoisotopic (exact) mass is 1600 g/mol.